The summed E-state index contributed by atoms with van der Waals surface area (Å²) in [6, 6.07) is 11.1. The van der Waals surface area contributed by atoms with Crippen LogP contribution in [0.4, 0.5) is 0 Å². The summed E-state index contributed by atoms with van der Waals surface area (Å²) in [5.41, 5.74) is 0.792. The Hall–Kier alpha value is -4.14. The lowest BCUT2D eigenvalue weighted by atomic mass is 10.1. The van der Waals surface area contributed by atoms with E-state index in [1.54, 1.807) is 24.3 Å². The zero-order chi connectivity index (χ0) is 23.0. The van der Waals surface area contributed by atoms with Crippen LogP contribution < -0.4 is 0 Å². The van der Waals surface area contributed by atoms with Gasteiger partial charge in [-0.15, -0.1) is 0 Å². The number of carbonyl (C=O) groups excluding carboxylic acids is 6. The second kappa shape index (κ2) is 8.18. The van der Waals surface area contributed by atoms with Crippen LogP contribution in [-0.2, 0) is 14.3 Å². The van der Waals surface area contributed by atoms with E-state index in [2.05, 4.69) is 0 Å². The van der Waals surface area contributed by atoms with Gasteiger partial charge in [0, 0.05) is 6.42 Å². The molecule has 9 heteroatoms. The first-order valence-corrected chi connectivity index (χ1v) is 9.86. The van der Waals surface area contributed by atoms with Gasteiger partial charge in [0.05, 0.1) is 35.9 Å². The molecule has 0 saturated carbocycles. The monoisotopic (exact) mass is 434 g/mol. The second-order valence-corrected chi connectivity index (χ2v) is 7.38. The van der Waals surface area contributed by atoms with E-state index in [1.807, 2.05) is 0 Å². The van der Waals surface area contributed by atoms with E-state index < -0.39 is 48.0 Å². The Kier molecular flexibility index (Phi) is 5.40. The molecule has 2 aromatic carbocycles. The zero-order valence-electron chi connectivity index (χ0n) is 17.1. The van der Waals surface area contributed by atoms with Gasteiger partial charge in [-0.1, -0.05) is 24.3 Å². The molecule has 0 radical (unpaired) electrons. The fourth-order valence-corrected chi connectivity index (χ4v) is 3.92. The lowest BCUT2D eigenvalue weighted by molar-refractivity contribution is -0.145. The molecule has 0 fully saturated rings. The highest BCUT2D eigenvalue weighted by atomic mass is 16.5. The molecule has 1 atom stereocenters. The van der Waals surface area contributed by atoms with E-state index in [0.29, 0.717) is 0 Å². The summed E-state index contributed by atoms with van der Waals surface area (Å²) < 4.78 is 4.75. The van der Waals surface area contributed by atoms with E-state index in [-0.39, 0.29) is 35.1 Å². The van der Waals surface area contributed by atoms with Crippen LogP contribution in [0, 0.1) is 0 Å². The molecule has 2 aliphatic rings. The van der Waals surface area contributed by atoms with Crippen molar-refractivity contribution in [2.75, 3.05) is 13.7 Å². The van der Waals surface area contributed by atoms with Crippen molar-refractivity contribution < 1.29 is 33.5 Å². The van der Waals surface area contributed by atoms with E-state index in [9.17, 15) is 28.8 Å². The maximum absolute atomic E-state index is 12.7. The number of imide groups is 2. The highest BCUT2D eigenvalue weighted by molar-refractivity contribution is 6.23. The highest BCUT2D eigenvalue weighted by Gasteiger charge is 2.43. The fourth-order valence-electron chi connectivity index (χ4n) is 3.92. The normalized spacial score (nSPS) is 15.7. The minimum Gasteiger partial charge on any atom is -0.467 e. The van der Waals surface area contributed by atoms with Crippen LogP contribution in [0.3, 0.4) is 0 Å². The number of methoxy groups -OCH3 is 1. The van der Waals surface area contributed by atoms with E-state index in [4.69, 9.17) is 4.74 Å². The molecule has 2 aromatic rings. The summed E-state index contributed by atoms with van der Waals surface area (Å²) in [7, 11) is 1.12. The molecule has 2 aliphatic heterocycles. The summed E-state index contributed by atoms with van der Waals surface area (Å²) in [5.74, 6) is -3.76. The van der Waals surface area contributed by atoms with Gasteiger partial charge in [0.2, 0.25) is 0 Å². The Balaban J connectivity index is 1.46. The summed E-state index contributed by atoms with van der Waals surface area (Å²) in [4.78, 5) is 76.9. The molecule has 0 unspecified atom stereocenters. The van der Waals surface area contributed by atoms with Gasteiger partial charge >= 0.3 is 5.97 Å². The van der Waals surface area contributed by atoms with Gasteiger partial charge < -0.3 is 4.74 Å². The van der Waals surface area contributed by atoms with Crippen LogP contribution in [-0.4, -0.2) is 64.9 Å². The van der Waals surface area contributed by atoms with Crippen LogP contribution >= 0.6 is 0 Å². The van der Waals surface area contributed by atoms with Crippen molar-refractivity contribution >= 4 is 35.4 Å². The Morgan fingerprint density at radius 3 is 1.66 bits per heavy atom. The number of Topliss-reactive ketones (excluding diaryl/α,β-unsaturated/α-hetero) is 1. The molecule has 0 bridgehead atoms. The number of amides is 4. The SMILES string of the molecule is COC(=O)[C@H](CCC(=O)CN1C(=O)c2ccccc2C1=O)N1C(=O)c2ccccc2C1=O. The molecular weight excluding hydrogens is 416 g/mol. The molecule has 2 heterocycles. The van der Waals surface area contributed by atoms with Gasteiger partial charge in [-0.2, -0.15) is 0 Å². The third-order valence-corrected chi connectivity index (χ3v) is 5.52. The molecule has 0 aliphatic carbocycles. The van der Waals surface area contributed by atoms with Gasteiger partial charge in [0.15, 0.2) is 5.78 Å². The fraction of sp³-hybridized carbons (Fsp3) is 0.217. The van der Waals surface area contributed by atoms with Crippen molar-refractivity contribution in [3.63, 3.8) is 0 Å². The summed E-state index contributed by atoms with van der Waals surface area (Å²) >= 11 is 0. The van der Waals surface area contributed by atoms with Crippen molar-refractivity contribution in [1.82, 2.24) is 9.80 Å². The maximum atomic E-state index is 12.7. The van der Waals surface area contributed by atoms with Crippen LogP contribution in [0.5, 0.6) is 0 Å². The molecule has 32 heavy (non-hydrogen) atoms. The smallest absolute Gasteiger partial charge is 0.329 e. The van der Waals surface area contributed by atoms with E-state index in [1.165, 1.54) is 24.3 Å². The number of fused-ring (bicyclic) bond motifs is 2. The first-order chi connectivity index (χ1) is 15.3. The Morgan fingerprint density at radius 2 is 1.22 bits per heavy atom. The van der Waals surface area contributed by atoms with Gasteiger partial charge in [-0.3, -0.25) is 33.8 Å². The highest BCUT2D eigenvalue weighted by Crippen LogP contribution is 2.27. The van der Waals surface area contributed by atoms with E-state index >= 15 is 0 Å². The van der Waals surface area contributed by atoms with Gasteiger partial charge in [0.1, 0.15) is 6.04 Å². The summed E-state index contributed by atoms with van der Waals surface area (Å²) in [5, 5.41) is 0. The number of esters is 1. The first-order valence-electron chi connectivity index (χ1n) is 9.86. The molecule has 4 amide bonds. The number of benzene rings is 2. The standard InChI is InChI=1S/C23H18N2O7/c1-32-23(31)18(25-21(29)16-8-4-5-9-17(16)22(25)30)11-10-13(26)12-24-19(27)14-6-2-3-7-15(14)20(24)28/h2-9,18H,10-12H2,1H3/t18-/m0/s1. The van der Waals surface area contributed by atoms with Crippen molar-refractivity contribution in [3.05, 3.63) is 70.8 Å². The molecule has 9 nitrogen and oxygen atoms in total. The van der Waals surface area contributed by atoms with Crippen LogP contribution in [0.25, 0.3) is 0 Å². The third kappa shape index (κ3) is 3.37. The molecule has 0 saturated heterocycles. The molecular formula is C23H18N2O7. The minimum absolute atomic E-state index is 0.170. The predicted molar refractivity (Wildman–Crippen MR) is 109 cm³/mol. The van der Waals surface area contributed by atoms with Gasteiger partial charge in [0.25, 0.3) is 23.6 Å². The molecule has 0 spiro atoms. The van der Waals surface area contributed by atoms with Gasteiger partial charge in [-0.05, 0) is 30.7 Å². The predicted octanol–water partition coefficient (Wildman–Crippen LogP) is 1.47. The van der Waals surface area contributed by atoms with E-state index in [0.717, 1.165) is 16.9 Å². The topological polar surface area (TPSA) is 118 Å². The number of ketones is 1. The third-order valence-electron chi connectivity index (χ3n) is 5.52. The largest absolute Gasteiger partial charge is 0.467 e. The molecule has 162 valence electrons. The summed E-state index contributed by atoms with van der Waals surface area (Å²) in [6.07, 6.45) is -0.444. The number of carbonyl (C=O) groups is 6. The number of ether oxygens (including phenoxy) is 1. The van der Waals surface area contributed by atoms with Crippen LogP contribution in [0.1, 0.15) is 54.3 Å². The Morgan fingerprint density at radius 1 is 0.781 bits per heavy atom. The number of nitrogens with zero attached hydrogens (tertiary/aromatic N) is 2. The van der Waals surface area contributed by atoms with Crippen molar-refractivity contribution in [1.29, 1.82) is 0 Å². The minimum atomic E-state index is -1.31. The molecule has 0 aromatic heterocycles. The van der Waals surface area contributed by atoms with Crippen molar-refractivity contribution in [3.8, 4) is 0 Å². The first kappa shape index (κ1) is 21.1. The maximum Gasteiger partial charge on any atom is 0.329 e. The molecule has 0 N–H and O–H groups in total. The second-order valence-electron chi connectivity index (χ2n) is 7.38. The van der Waals surface area contributed by atoms with Gasteiger partial charge in [-0.25, -0.2) is 4.79 Å². The van der Waals surface area contributed by atoms with Crippen LogP contribution in [0.2, 0.25) is 0 Å². The zero-order valence-corrected chi connectivity index (χ0v) is 17.1. The average molecular weight is 434 g/mol. The van der Waals surface area contributed by atoms with Crippen LogP contribution in [0.15, 0.2) is 48.5 Å². The van der Waals surface area contributed by atoms with Crippen molar-refractivity contribution in [2.45, 2.75) is 18.9 Å². The lowest BCUT2D eigenvalue weighted by Crippen LogP contribution is -2.46. The summed E-state index contributed by atoms with van der Waals surface area (Å²) in [6.45, 7) is -0.470. The van der Waals surface area contributed by atoms with Crippen molar-refractivity contribution in [2.24, 2.45) is 0 Å². The quantitative estimate of drug-likeness (QED) is 0.478. The molecule has 4 rings (SSSR count). The lowest BCUT2D eigenvalue weighted by Gasteiger charge is -2.24. The number of hydrogen-bond acceptors (Lipinski definition) is 7. The number of hydrogen-bond donors (Lipinski definition) is 0. The average Bonchev–Trinajstić information content (AvgIpc) is 3.20. The Bertz CT molecular complexity index is 1120. The number of rotatable bonds is 7. The Labute approximate surface area is 182 Å².